The van der Waals surface area contributed by atoms with Crippen molar-refractivity contribution < 1.29 is 9.53 Å². The Morgan fingerprint density at radius 3 is 2.50 bits per heavy atom. The third-order valence-corrected chi connectivity index (χ3v) is 3.53. The Hall–Kier alpha value is -1.51. The minimum Gasteiger partial charge on any atom is -0.481 e. The molecule has 20 heavy (non-hydrogen) atoms. The van der Waals surface area contributed by atoms with Gasteiger partial charge in [-0.2, -0.15) is 0 Å². The zero-order valence-corrected chi connectivity index (χ0v) is 13.3. The van der Waals surface area contributed by atoms with Crippen molar-refractivity contribution in [1.29, 1.82) is 0 Å². The van der Waals surface area contributed by atoms with Gasteiger partial charge in [0, 0.05) is 6.04 Å². The molecule has 0 heterocycles. The summed E-state index contributed by atoms with van der Waals surface area (Å²) in [4.78, 5) is 12.2. The van der Waals surface area contributed by atoms with Crippen molar-refractivity contribution in [2.24, 2.45) is 0 Å². The highest BCUT2D eigenvalue weighted by atomic mass is 16.5. The summed E-state index contributed by atoms with van der Waals surface area (Å²) in [6.07, 6.45) is 2.30. The van der Waals surface area contributed by atoms with Crippen molar-refractivity contribution in [1.82, 2.24) is 5.32 Å². The van der Waals surface area contributed by atoms with Crippen LogP contribution in [0.15, 0.2) is 18.2 Å². The average molecular weight is 277 g/mol. The molecule has 0 aromatic heterocycles. The molecule has 2 atom stereocenters. The Labute approximate surface area is 122 Å². The molecule has 0 saturated heterocycles. The lowest BCUT2D eigenvalue weighted by Gasteiger charge is -2.20. The molecule has 0 fully saturated rings. The summed E-state index contributed by atoms with van der Waals surface area (Å²) in [5.41, 5.74) is 2.41. The van der Waals surface area contributed by atoms with Gasteiger partial charge in [-0.15, -0.1) is 0 Å². The van der Waals surface area contributed by atoms with Gasteiger partial charge in [0.15, 0.2) is 6.10 Å². The summed E-state index contributed by atoms with van der Waals surface area (Å²) < 4.78 is 5.83. The van der Waals surface area contributed by atoms with E-state index in [4.69, 9.17) is 4.74 Å². The van der Waals surface area contributed by atoms with Crippen molar-refractivity contribution >= 4 is 5.91 Å². The van der Waals surface area contributed by atoms with Crippen LogP contribution < -0.4 is 10.1 Å². The van der Waals surface area contributed by atoms with Crippen LogP contribution in [0, 0.1) is 13.8 Å². The molecule has 1 aromatic carbocycles. The molecular weight excluding hydrogens is 250 g/mol. The Morgan fingerprint density at radius 1 is 1.25 bits per heavy atom. The molecule has 3 nitrogen and oxygen atoms in total. The van der Waals surface area contributed by atoms with Crippen molar-refractivity contribution in [2.75, 3.05) is 0 Å². The average Bonchev–Trinajstić information content (AvgIpc) is 2.40. The molecule has 0 aliphatic rings. The maximum absolute atomic E-state index is 12.2. The van der Waals surface area contributed by atoms with Gasteiger partial charge in [-0.1, -0.05) is 26.3 Å². The Bertz CT molecular complexity index is 443. The minimum atomic E-state index is -0.420. The first-order valence-corrected chi connectivity index (χ1v) is 7.52. The number of hydrogen-bond acceptors (Lipinski definition) is 2. The van der Waals surface area contributed by atoms with Crippen LogP contribution in [0.25, 0.3) is 0 Å². The van der Waals surface area contributed by atoms with E-state index in [2.05, 4.69) is 19.2 Å². The number of hydrogen-bond donors (Lipinski definition) is 1. The van der Waals surface area contributed by atoms with Crippen LogP contribution in [0.4, 0.5) is 0 Å². The zero-order chi connectivity index (χ0) is 15.1. The summed E-state index contributed by atoms with van der Waals surface area (Å²) in [5, 5.41) is 3.01. The van der Waals surface area contributed by atoms with Crippen molar-refractivity contribution in [3.8, 4) is 5.75 Å². The van der Waals surface area contributed by atoms with Gasteiger partial charge in [-0.3, -0.25) is 4.79 Å². The summed E-state index contributed by atoms with van der Waals surface area (Å²) in [6.45, 7) is 10.2. The van der Waals surface area contributed by atoms with Gasteiger partial charge < -0.3 is 10.1 Å². The van der Waals surface area contributed by atoms with Crippen LogP contribution in [0.5, 0.6) is 5.75 Å². The van der Waals surface area contributed by atoms with E-state index in [-0.39, 0.29) is 11.9 Å². The van der Waals surface area contributed by atoms with E-state index in [1.165, 1.54) is 11.1 Å². The zero-order valence-electron chi connectivity index (χ0n) is 13.3. The summed E-state index contributed by atoms with van der Waals surface area (Å²) >= 11 is 0. The molecular formula is C17H27NO2. The molecule has 0 aliphatic carbocycles. The number of amides is 1. The maximum Gasteiger partial charge on any atom is 0.261 e. The molecule has 1 N–H and O–H groups in total. The van der Waals surface area contributed by atoms with Crippen LogP contribution in [0.2, 0.25) is 0 Å². The van der Waals surface area contributed by atoms with E-state index in [1.54, 1.807) is 0 Å². The number of aryl methyl sites for hydroxylation is 2. The molecule has 0 radical (unpaired) electrons. The second-order valence-corrected chi connectivity index (χ2v) is 5.46. The molecule has 0 bridgehead atoms. The molecule has 1 aromatic rings. The smallest absolute Gasteiger partial charge is 0.261 e. The second-order valence-electron chi connectivity index (χ2n) is 5.46. The van der Waals surface area contributed by atoms with E-state index in [9.17, 15) is 4.79 Å². The summed E-state index contributed by atoms with van der Waals surface area (Å²) in [6, 6.07) is 6.13. The van der Waals surface area contributed by atoms with Crippen molar-refractivity contribution in [3.05, 3.63) is 29.3 Å². The van der Waals surface area contributed by atoms with Crippen LogP contribution in [0.1, 0.15) is 51.2 Å². The molecule has 0 spiro atoms. The van der Waals surface area contributed by atoms with Crippen molar-refractivity contribution in [2.45, 2.75) is 66.0 Å². The van der Waals surface area contributed by atoms with E-state index in [1.807, 2.05) is 39.0 Å². The molecule has 0 unspecified atom stereocenters. The fourth-order valence-electron chi connectivity index (χ4n) is 2.11. The van der Waals surface area contributed by atoms with Gasteiger partial charge in [0.25, 0.3) is 5.91 Å². The lowest BCUT2D eigenvalue weighted by molar-refractivity contribution is -0.128. The van der Waals surface area contributed by atoms with Gasteiger partial charge in [0.1, 0.15) is 5.75 Å². The van der Waals surface area contributed by atoms with Gasteiger partial charge in [-0.25, -0.2) is 0 Å². The topological polar surface area (TPSA) is 38.3 Å². The van der Waals surface area contributed by atoms with E-state index < -0.39 is 6.10 Å². The number of carbonyl (C=O) groups is 1. The predicted octanol–water partition coefficient (Wildman–Crippen LogP) is 3.77. The maximum atomic E-state index is 12.2. The third-order valence-electron chi connectivity index (χ3n) is 3.53. The van der Waals surface area contributed by atoms with Gasteiger partial charge in [-0.05, 0) is 56.9 Å². The lowest BCUT2D eigenvalue weighted by atomic mass is 10.1. The monoisotopic (exact) mass is 277 g/mol. The Kier molecular flexibility index (Phi) is 6.56. The standard InChI is InChI=1S/C17H27NO2/c1-6-8-14(5)18-17(19)16(7-2)20-15-10-9-12(3)13(4)11-15/h9-11,14,16H,6-8H2,1-5H3,(H,18,19)/t14-,16+/m1/s1. The quantitative estimate of drug-likeness (QED) is 0.824. The highest BCUT2D eigenvalue weighted by molar-refractivity contribution is 5.81. The largest absolute Gasteiger partial charge is 0.481 e. The number of benzene rings is 1. The first-order valence-electron chi connectivity index (χ1n) is 7.52. The fraction of sp³-hybridized carbons (Fsp3) is 0.588. The minimum absolute atomic E-state index is 0.0216. The summed E-state index contributed by atoms with van der Waals surface area (Å²) in [5.74, 6) is 0.741. The van der Waals surface area contributed by atoms with Gasteiger partial charge >= 0.3 is 0 Å². The molecule has 1 amide bonds. The first-order chi connectivity index (χ1) is 9.47. The molecule has 3 heteroatoms. The Balaban J connectivity index is 2.66. The van der Waals surface area contributed by atoms with Gasteiger partial charge in [0.2, 0.25) is 0 Å². The number of nitrogens with one attached hydrogen (secondary N) is 1. The van der Waals surface area contributed by atoms with Crippen LogP contribution in [0.3, 0.4) is 0 Å². The van der Waals surface area contributed by atoms with Crippen LogP contribution in [-0.2, 0) is 4.79 Å². The molecule has 0 aliphatic heterocycles. The van der Waals surface area contributed by atoms with Crippen LogP contribution in [-0.4, -0.2) is 18.1 Å². The molecule has 0 saturated carbocycles. The normalized spacial score (nSPS) is 13.7. The second kappa shape index (κ2) is 7.93. The first kappa shape index (κ1) is 16.5. The third kappa shape index (κ3) is 4.87. The van der Waals surface area contributed by atoms with Crippen LogP contribution >= 0.6 is 0 Å². The van der Waals surface area contributed by atoms with Gasteiger partial charge in [0.05, 0.1) is 0 Å². The van der Waals surface area contributed by atoms with Crippen molar-refractivity contribution in [3.63, 3.8) is 0 Å². The fourth-order valence-corrected chi connectivity index (χ4v) is 2.11. The number of carbonyl (C=O) groups excluding carboxylic acids is 1. The highest BCUT2D eigenvalue weighted by Crippen LogP contribution is 2.18. The Morgan fingerprint density at radius 2 is 1.95 bits per heavy atom. The molecule has 112 valence electrons. The SMILES string of the molecule is CCC[C@@H](C)NC(=O)[C@H](CC)Oc1ccc(C)c(C)c1. The van der Waals surface area contributed by atoms with E-state index in [0.717, 1.165) is 18.6 Å². The highest BCUT2D eigenvalue weighted by Gasteiger charge is 2.19. The summed E-state index contributed by atoms with van der Waals surface area (Å²) in [7, 11) is 0. The van der Waals surface area contributed by atoms with E-state index >= 15 is 0 Å². The lowest BCUT2D eigenvalue weighted by Crippen LogP contribution is -2.42. The number of ether oxygens (including phenoxy) is 1. The number of rotatable bonds is 7. The van der Waals surface area contributed by atoms with E-state index in [0.29, 0.717) is 6.42 Å². The molecule has 1 rings (SSSR count). The predicted molar refractivity (Wildman–Crippen MR) is 83.1 cm³/mol.